The van der Waals surface area contributed by atoms with Crippen LogP contribution in [0.3, 0.4) is 0 Å². The summed E-state index contributed by atoms with van der Waals surface area (Å²) in [5, 5.41) is -0.225. The average Bonchev–Trinajstić information content (AvgIpc) is 2.88. The standard InChI is InChI=1S/C15H18ClFN2O4S/c1-10-8-14(15(20)23-10)18-4-6-19(7-5-18)24(21,22)11-2-3-13(17)12(16)9-11/h2-3,9-10,14H,4-8H2,1H3. The number of cyclic esters (lactones) is 1. The number of piperazine rings is 1. The number of sulfonamides is 1. The molecule has 2 saturated heterocycles. The zero-order chi connectivity index (χ0) is 17.5. The van der Waals surface area contributed by atoms with Gasteiger partial charge in [-0.1, -0.05) is 11.6 Å². The van der Waals surface area contributed by atoms with Crippen molar-refractivity contribution < 1.29 is 22.3 Å². The number of hydrogen-bond acceptors (Lipinski definition) is 5. The van der Waals surface area contributed by atoms with E-state index in [9.17, 15) is 17.6 Å². The Bertz CT molecular complexity index is 750. The van der Waals surface area contributed by atoms with Crippen LogP contribution in [-0.4, -0.2) is 61.9 Å². The van der Waals surface area contributed by atoms with Gasteiger partial charge in [0, 0.05) is 32.6 Å². The van der Waals surface area contributed by atoms with Crippen molar-refractivity contribution in [2.24, 2.45) is 0 Å². The van der Waals surface area contributed by atoms with Crippen molar-refractivity contribution in [3.8, 4) is 0 Å². The van der Waals surface area contributed by atoms with Crippen molar-refractivity contribution in [2.75, 3.05) is 26.2 Å². The number of ether oxygens (including phenoxy) is 1. The Labute approximate surface area is 145 Å². The Morgan fingerprint density at radius 1 is 1.25 bits per heavy atom. The van der Waals surface area contributed by atoms with Gasteiger partial charge < -0.3 is 4.74 Å². The highest BCUT2D eigenvalue weighted by Crippen LogP contribution is 2.25. The molecule has 3 rings (SSSR count). The van der Waals surface area contributed by atoms with Crippen LogP contribution in [0.2, 0.25) is 5.02 Å². The molecule has 0 spiro atoms. The summed E-state index contributed by atoms with van der Waals surface area (Å²) in [6.45, 7) is 3.25. The van der Waals surface area contributed by atoms with Crippen LogP contribution >= 0.6 is 11.6 Å². The van der Waals surface area contributed by atoms with Crippen LogP contribution in [0, 0.1) is 5.82 Å². The Morgan fingerprint density at radius 3 is 2.46 bits per heavy atom. The van der Waals surface area contributed by atoms with Gasteiger partial charge in [-0.2, -0.15) is 4.31 Å². The first-order chi connectivity index (χ1) is 11.3. The molecular formula is C15H18ClFN2O4S. The largest absolute Gasteiger partial charge is 0.461 e. The van der Waals surface area contributed by atoms with Gasteiger partial charge in [-0.05, 0) is 25.1 Å². The molecule has 0 radical (unpaired) electrons. The lowest BCUT2D eigenvalue weighted by Gasteiger charge is -2.35. The monoisotopic (exact) mass is 376 g/mol. The second-order valence-electron chi connectivity index (χ2n) is 6.01. The zero-order valence-corrected chi connectivity index (χ0v) is 14.7. The molecule has 0 aliphatic carbocycles. The maximum absolute atomic E-state index is 13.2. The summed E-state index contributed by atoms with van der Waals surface area (Å²) in [6, 6.07) is 3.07. The highest BCUT2D eigenvalue weighted by molar-refractivity contribution is 7.89. The summed E-state index contributed by atoms with van der Waals surface area (Å²) in [4.78, 5) is 13.7. The number of esters is 1. The van der Waals surface area contributed by atoms with Crippen molar-refractivity contribution in [2.45, 2.75) is 30.4 Å². The molecule has 0 aromatic heterocycles. The van der Waals surface area contributed by atoms with Gasteiger partial charge in [0.05, 0.1) is 9.92 Å². The normalized spacial score (nSPS) is 26.5. The van der Waals surface area contributed by atoms with Crippen LogP contribution in [0.15, 0.2) is 23.1 Å². The van der Waals surface area contributed by atoms with Gasteiger partial charge in [0.1, 0.15) is 18.0 Å². The summed E-state index contributed by atoms with van der Waals surface area (Å²) < 4.78 is 45.0. The molecular weight excluding hydrogens is 359 g/mol. The van der Waals surface area contributed by atoms with Gasteiger partial charge in [-0.3, -0.25) is 9.69 Å². The minimum absolute atomic E-state index is 0.0313. The zero-order valence-electron chi connectivity index (χ0n) is 13.1. The van der Waals surface area contributed by atoms with Crippen molar-refractivity contribution in [3.63, 3.8) is 0 Å². The first-order valence-electron chi connectivity index (χ1n) is 7.69. The van der Waals surface area contributed by atoms with Gasteiger partial charge in [0.15, 0.2) is 0 Å². The summed E-state index contributed by atoms with van der Waals surface area (Å²) in [5.74, 6) is -0.904. The molecule has 2 unspecified atom stereocenters. The summed E-state index contributed by atoms with van der Waals surface area (Å²) in [5.41, 5.74) is 0. The van der Waals surface area contributed by atoms with Gasteiger partial charge in [-0.15, -0.1) is 0 Å². The number of hydrogen-bond donors (Lipinski definition) is 0. The minimum atomic E-state index is -3.73. The maximum Gasteiger partial charge on any atom is 0.323 e. The molecule has 0 amide bonds. The molecule has 0 saturated carbocycles. The average molecular weight is 377 g/mol. The third-order valence-electron chi connectivity index (χ3n) is 4.39. The molecule has 1 aromatic carbocycles. The molecule has 2 atom stereocenters. The molecule has 9 heteroatoms. The first kappa shape index (κ1) is 17.6. The van der Waals surface area contributed by atoms with Crippen LogP contribution in [0.25, 0.3) is 0 Å². The third-order valence-corrected chi connectivity index (χ3v) is 6.57. The van der Waals surface area contributed by atoms with E-state index in [0.29, 0.717) is 19.5 Å². The highest BCUT2D eigenvalue weighted by Gasteiger charge is 2.39. The van der Waals surface area contributed by atoms with E-state index in [1.807, 2.05) is 11.8 Å². The number of benzene rings is 1. The first-order valence-corrected chi connectivity index (χ1v) is 9.50. The molecule has 2 aliphatic rings. The lowest BCUT2D eigenvalue weighted by molar-refractivity contribution is -0.145. The number of rotatable bonds is 3. The SMILES string of the molecule is CC1CC(N2CCN(S(=O)(=O)c3ccc(F)c(Cl)c3)CC2)C(=O)O1. The lowest BCUT2D eigenvalue weighted by Crippen LogP contribution is -2.53. The Balaban J connectivity index is 1.69. The van der Waals surface area contributed by atoms with E-state index in [0.717, 1.165) is 12.1 Å². The van der Waals surface area contributed by atoms with Crippen LogP contribution in [0.5, 0.6) is 0 Å². The quantitative estimate of drug-likeness (QED) is 0.748. The molecule has 6 nitrogen and oxygen atoms in total. The number of carbonyl (C=O) groups is 1. The van der Waals surface area contributed by atoms with E-state index in [-0.39, 0.29) is 41.1 Å². The van der Waals surface area contributed by atoms with Crippen molar-refractivity contribution in [1.29, 1.82) is 0 Å². The van der Waals surface area contributed by atoms with Gasteiger partial charge in [-0.25, -0.2) is 12.8 Å². The molecule has 2 fully saturated rings. The number of carbonyl (C=O) groups excluding carboxylic acids is 1. The van der Waals surface area contributed by atoms with Gasteiger partial charge >= 0.3 is 5.97 Å². The van der Waals surface area contributed by atoms with E-state index in [2.05, 4.69) is 0 Å². The van der Waals surface area contributed by atoms with Crippen LogP contribution < -0.4 is 0 Å². The Morgan fingerprint density at radius 2 is 1.92 bits per heavy atom. The summed E-state index contributed by atoms with van der Waals surface area (Å²) >= 11 is 5.68. The maximum atomic E-state index is 13.2. The third kappa shape index (κ3) is 3.28. The smallest absolute Gasteiger partial charge is 0.323 e. The minimum Gasteiger partial charge on any atom is -0.461 e. The molecule has 2 heterocycles. The van der Waals surface area contributed by atoms with Gasteiger partial charge in [0.2, 0.25) is 10.0 Å². The fourth-order valence-corrected chi connectivity index (χ4v) is 4.77. The van der Waals surface area contributed by atoms with Crippen molar-refractivity contribution in [3.05, 3.63) is 29.0 Å². The molecule has 0 N–H and O–H groups in total. The molecule has 0 bridgehead atoms. The van der Waals surface area contributed by atoms with Crippen molar-refractivity contribution in [1.82, 2.24) is 9.21 Å². The van der Waals surface area contributed by atoms with E-state index in [1.165, 1.54) is 10.4 Å². The number of halogens is 2. The van der Waals surface area contributed by atoms with E-state index < -0.39 is 15.8 Å². The lowest BCUT2D eigenvalue weighted by atomic mass is 10.1. The Kier molecular flexibility index (Phi) is 4.83. The summed E-state index contributed by atoms with van der Waals surface area (Å²) in [6.07, 6.45) is 0.518. The molecule has 2 aliphatic heterocycles. The van der Waals surface area contributed by atoms with Crippen LogP contribution in [0.4, 0.5) is 4.39 Å². The molecule has 132 valence electrons. The predicted molar refractivity (Wildman–Crippen MR) is 85.7 cm³/mol. The Hall–Kier alpha value is -1.22. The van der Waals surface area contributed by atoms with E-state index in [4.69, 9.17) is 16.3 Å². The van der Waals surface area contributed by atoms with Crippen LogP contribution in [-0.2, 0) is 19.6 Å². The summed E-state index contributed by atoms with van der Waals surface area (Å²) in [7, 11) is -3.73. The molecule has 24 heavy (non-hydrogen) atoms. The van der Waals surface area contributed by atoms with Gasteiger partial charge in [0.25, 0.3) is 0 Å². The predicted octanol–water partition coefficient (Wildman–Crippen LogP) is 1.49. The fraction of sp³-hybridized carbons (Fsp3) is 0.533. The highest BCUT2D eigenvalue weighted by atomic mass is 35.5. The fourth-order valence-electron chi connectivity index (χ4n) is 3.08. The second kappa shape index (κ2) is 6.59. The van der Waals surface area contributed by atoms with Crippen molar-refractivity contribution >= 4 is 27.6 Å². The van der Waals surface area contributed by atoms with Crippen LogP contribution in [0.1, 0.15) is 13.3 Å². The topological polar surface area (TPSA) is 66.9 Å². The second-order valence-corrected chi connectivity index (χ2v) is 8.36. The number of nitrogens with zero attached hydrogens (tertiary/aromatic N) is 2. The van der Waals surface area contributed by atoms with E-state index >= 15 is 0 Å². The molecule has 1 aromatic rings. The van der Waals surface area contributed by atoms with E-state index in [1.54, 1.807) is 0 Å².